The lowest BCUT2D eigenvalue weighted by atomic mass is 10.1. The minimum atomic E-state index is 0.672. The van der Waals surface area contributed by atoms with Gasteiger partial charge in [0.05, 0.1) is 11.7 Å². The maximum atomic E-state index is 4.83. The van der Waals surface area contributed by atoms with E-state index >= 15 is 0 Å². The number of likely N-dealkylation sites (tertiary alicyclic amines) is 1. The van der Waals surface area contributed by atoms with Gasteiger partial charge in [0.15, 0.2) is 0 Å². The van der Waals surface area contributed by atoms with Gasteiger partial charge in [-0.2, -0.15) is 5.10 Å². The third-order valence-corrected chi connectivity index (χ3v) is 5.36. The molecular weight excluding hydrogens is 248 g/mol. The average Bonchev–Trinajstić information content (AvgIpc) is 3.13. The molecule has 0 aromatic carbocycles. The van der Waals surface area contributed by atoms with Crippen molar-refractivity contribution in [1.29, 1.82) is 0 Å². The quantitative estimate of drug-likeness (QED) is 0.918. The molecule has 4 heteroatoms. The van der Waals surface area contributed by atoms with Crippen LogP contribution in [0.25, 0.3) is 0 Å². The molecule has 4 rings (SSSR count). The van der Waals surface area contributed by atoms with E-state index in [1.165, 1.54) is 63.7 Å². The van der Waals surface area contributed by atoms with Crippen LogP contribution in [0.15, 0.2) is 12.3 Å². The van der Waals surface area contributed by atoms with E-state index < -0.39 is 0 Å². The van der Waals surface area contributed by atoms with Crippen LogP contribution in [0.2, 0.25) is 0 Å². The Bertz CT molecular complexity index is 449. The van der Waals surface area contributed by atoms with E-state index in [0.29, 0.717) is 6.04 Å². The lowest BCUT2D eigenvalue weighted by molar-refractivity contribution is 0.247. The summed E-state index contributed by atoms with van der Waals surface area (Å²) >= 11 is 0. The molecule has 3 aliphatic rings. The van der Waals surface area contributed by atoms with Crippen molar-refractivity contribution in [2.24, 2.45) is 0 Å². The van der Waals surface area contributed by atoms with Gasteiger partial charge in [-0.3, -0.25) is 9.58 Å². The van der Waals surface area contributed by atoms with Crippen molar-refractivity contribution in [2.45, 2.75) is 69.6 Å². The third kappa shape index (κ3) is 2.63. The van der Waals surface area contributed by atoms with Crippen LogP contribution in [0.3, 0.4) is 0 Å². The third-order valence-electron chi connectivity index (χ3n) is 5.36. The van der Waals surface area contributed by atoms with Crippen molar-refractivity contribution in [1.82, 2.24) is 20.0 Å². The monoisotopic (exact) mass is 274 g/mol. The van der Waals surface area contributed by atoms with Crippen LogP contribution in [0.5, 0.6) is 0 Å². The normalized spacial score (nSPS) is 31.8. The smallest absolute Gasteiger partial charge is 0.0764 e. The van der Waals surface area contributed by atoms with Crippen molar-refractivity contribution in [3.8, 4) is 0 Å². The predicted octanol–water partition coefficient (Wildman–Crippen LogP) is 2.32. The van der Waals surface area contributed by atoms with E-state index in [0.717, 1.165) is 18.6 Å². The molecule has 2 saturated heterocycles. The average molecular weight is 274 g/mol. The molecule has 2 bridgehead atoms. The molecule has 2 atom stereocenters. The number of hydrogen-bond donors (Lipinski definition) is 1. The van der Waals surface area contributed by atoms with Gasteiger partial charge in [-0.1, -0.05) is 12.8 Å². The fraction of sp³-hybridized carbons (Fsp3) is 0.812. The molecule has 1 aromatic heterocycles. The molecule has 1 aliphatic carbocycles. The van der Waals surface area contributed by atoms with E-state index in [-0.39, 0.29) is 0 Å². The Morgan fingerprint density at radius 2 is 1.95 bits per heavy atom. The maximum Gasteiger partial charge on any atom is 0.0764 e. The van der Waals surface area contributed by atoms with Crippen molar-refractivity contribution < 1.29 is 0 Å². The van der Waals surface area contributed by atoms with Gasteiger partial charge in [-0.15, -0.1) is 0 Å². The van der Waals surface area contributed by atoms with Crippen molar-refractivity contribution >= 4 is 0 Å². The standard InChI is InChI=1S/C16H26N4/c1-2-4-16(3-1)20-10-8-15(18-20)12-19-9-7-13-5-6-14(11-19)17-13/h8,10,13-14,16-17H,1-7,9,11-12H2. The molecule has 110 valence electrons. The van der Waals surface area contributed by atoms with Crippen LogP contribution in [-0.4, -0.2) is 39.9 Å². The zero-order chi connectivity index (χ0) is 13.4. The summed E-state index contributed by atoms with van der Waals surface area (Å²) in [5, 5.41) is 8.58. The Labute approximate surface area is 121 Å². The molecule has 1 saturated carbocycles. The summed E-state index contributed by atoms with van der Waals surface area (Å²) in [6, 6.07) is 4.40. The molecule has 3 fully saturated rings. The lowest BCUT2D eigenvalue weighted by Gasteiger charge is -2.22. The number of aromatic nitrogens is 2. The van der Waals surface area contributed by atoms with Crippen LogP contribution >= 0.6 is 0 Å². The van der Waals surface area contributed by atoms with Gasteiger partial charge in [0.25, 0.3) is 0 Å². The molecule has 3 heterocycles. The number of rotatable bonds is 3. The first-order valence-corrected chi connectivity index (χ1v) is 8.39. The van der Waals surface area contributed by atoms with Crippen molar-refractivity contribution in [3.05, 3.63) is 18.0 Å². The van der Waals surface area contributed by atoms with Crippen LogP contribution in [0.4, 0.5) is 0 Å². The Balaban J connectivity index is 1.38. The van der Waals surface area contributed by atoms with Gasteiger partial charge in [-0.05, 0) is 38.2 Å². The molecular formula is C16H26N4. The second kappa shape index (κ2) is 5.49. The van der Waals surface area contributed by atoms with Gasteiger partial charge in [-0.25, -0.2) is 0 Å². The SMILES string of the molecule is c1cn(C2CCCC2)nc1CN1CCC2CCC(C1)N2. The summed E-state index contributed by atoms with van der Waals surface area (Å²) in [5.41, 5.74) is 1.26. The molecule has 2 aliphatic heterocycles. The molecule has 0 spiro atoms. The first kappa shape index (κ1) is 12.8. The first-order chi connectivity index (χ1) is 9.87. The van der Waals surface area contributed by atoms with Crippen LogP contribution in [0, 0.1) is 0 Å². The highest BCUT2D eigenvalue weighted by Crippen LogP contribution is 2.29. The molecule has 4 nitrogen and oxygen atoms in total. The highest BCUT2D eigenvalue weighted by molar-refractivity contribution is 5.01. The van der Waals surface area contributed by atoms with E-state index in [1.54, 1.807) is 0 Å². The zero-order valence-corrected chi connectivity index (χ0v) is 12.3. The summed E-state index contributed by atoms with van der Waals surface area (Å²) in [4.78, 5) is 2.60. The summed E-state index contributed by atoms with van der Waals surface area (Å²) in [6.07, 6.45) is 11.6. The van der Waals surface area contributed by atoms with Gasteiger partial charge >= 0.3 is 0 Å². The van der Waals surface area contributed by atoms with E-state index in [2.05, 4.69) is 27.2 Å². The van der Waals surface area contributed by atoms with E-state index in [9.17, 15) is 0 Å². The highest BCUT2D eigenvalue weighted by atomic mass is 15.3. The second-order valence-corrected chi connectivity index (χ2v) is 6.89. The van der Waals surface area contributed by atoms with Crippen molar-refractivity contribution in [2.75, 3.05) is 13.1 Å². The minimum Gasteiger partial charge on any atom is -0.310 e. The fourth-order valence-electron chi connectivity index (χ4n) is 4.22. The van der Waals surface area contributed by atoms with Crippen LogP contribution in [-0.2, 0) is 6.54 Å². The Hall–Kier alpha value is -0.870. The molecule has 0 amide bonds. The van der Waals surface area contributed by atoms with Gasteiger partial charge in [0, 0.05) is 37.9 Å². The molecule has 20 heavy (non-hydrogen) atoms. The summed E-state index contributed by atoms with van der Waals surface area (Å²) in [7, 11) is 0. The van der Waals surface area contributed by atoms with Gasteiger partial charge in [0.1, 0.15) is 0 Å². The van der Waals surface area contributed by atoms with E-state index in [4.69, 9.17) is 5.10 Å². The zero-order valence-electron chi connectivity index (χ0n) is 12.3. The summed E-state index contributed by atoms with van der Waals surface area (Å²) < 4.78 is 2.23. The number of fused-ring (bicyclic) bond motifs is 2. The number of nitrogens with one attached hydrogen (secondary N) is 1. The van der Waals surface area contributed by atoms with Gasteiger partial charge in [0.2, 0.25) is 0 Å². The Kier molecular flexibility index (Phi) is 3.52. The van der Waals surface area contributed by atoms with Gasteiger partial charge < -0.3 is 5.32 Å². The Morgan fingerprint density at radius 1 is 1.10 bits per heavy atom. The Morgan fingerprint density at radius 3 is 2.85 bits per heavy atom. The van der Waals surface area contributed by atoms with Crippen LogP contribution in [0.1, 0.15) is 56.7 Å². The predicted molar refractivity (Wildman–Crippen MR) is 79.6 cm³/mol. The first-order valence-electron chi connectivity index (χ1n) is 8.39. The number of nitrogens with zero attached hydrogens (tertiary/aromatic N) is 3. The molecule has 1 N–H and O–H groups in total. The summed E-state index contributed by atoms with van der Waals surface area (Å²) in [6.45, 7) is 3.46. The largest absolute Gasteiger partial charge is 0.310 e. The van der Waals surface area contributed by atoms with Crippen molar-refractivity contribution in [3.63, 3.8) is 0 Å². The van der Waals surface area contributed by atoms with Crippen LogP contribution < -0.4 is 5.32 Å². The summed E-state index contributed by atoms with van der Waals surface area (Å²) in [5.74, 6) is 0. The molecule has 2 unspecified atom stereocenters. The topological polar surface area (TPSA) is 33.1 Å². The maximum absolute atomic E-state index is 4.83. The number of hydrogen-bond acceptors (Lipinski definition) is 3. The minimum absolute atomic E-state index is 0.672. The lowest BCUT2D eigenvalue weighted by Crippen LogP contribution is -2.35. The fourth-order valence-corrected chi connectivity index (χ4v) is 4.22. The molecule has 1 aromatic rings. The molecule has 0 radical (unpaired) electrons. The van der Waals surface area contributed by atoms with E-state index in [1.807, 2.05) is 0 Å². The highest BCUT2D eigenvalue weighted by Gasteiger charge is 2.29. The second-order valence-electron chi connectivity index (χ2n) is 6.89.